The Hall–Kier alpha value is -2.96. The second kappa shape index (κ2) is 9.45. The number of rotatable bonds is 4. The molecular weight excluding hydrogens is 390 g/mol. The lowest BCUT2D eigenvalue weighted by Gasteiger charge is -2.35. The van der Waals surface area contributed by atoms with Crippen molar-refractivity contribution < 1.29 is 9.59 Å². The predicted molar refractivity (Wildman–Crippen MR) is 120 cm³/mol. The number of amides is 2. The SMILES string of the molecule is Cc1cc(C)cc(C(=O)N2CCC[C@@H](C(=O)NC3CCN(c4ncccn4)CC3)C2)c1. The summed E-state index contributed by atoms with van der Waals surface area (Å²) in [6, 6.07) is 7.91. The van der Waals surface area contributed by atoms with Crippen molar-refractivity contribution in [1.82, 2.24) is 20.2 Å². The van der Waals surface area contributed by atoms with E-state index < -0.39 is 0 Å². The van der Waals surface area contributed by atoms with Crippen molar-refractivity contribution in [3.63, 3.8) is 0 Å². The molecule has 2 aliphatic rings. The van der Waals surface area contributed by atoms with E-state index >= 15 is 0 Å². The molecule has 164 valence electrons. The van der Waals surface area contributed by atoms with Gasteiger partial charge < -0.3 is 15.1 Å². The Morgan fingerprint density at radius 1 is 0.968 bits per heavy atom. The van der Waals surface area contributed by atoms with E-state index in [1.165, 1.54) is 0 Å². The van der Waals surface area contributed by atoms with Gasteiger partial charge in [-0.3, -0.25) is 9.59 Å². The molecule has 0 bridgehead atoms. The average Bonchev–Trinajstić information content (AvgIpc) is 2.79. The standard InChI is InChI=1S/C24H31N5O2/c1-17-13-18(2)15-20(14-17)23(31)29-10-3-5-19(16-29)22(30)27-21-6-11-28(12-7-21)24-25-8-4-9-26-24/h4,8-9,13-15,19,21H,3,5-7,10-12,16H2,1-2H3,(H,27,30)/t19-/m1/s1. The fourth-order valence-electron chi connectivity index (χ4n) is 4.65. The fraction of sp³-hybridized carbons (Fsp3) is 0.500. The van der Waals surface area contributed by atoms with Crippen LogP contribution in [0.15, 0.2) is 36.7 Å². The third-order valence-corrected chi connectivity index (χ3v) is 6.22. The number of hydrogen-bond donors (Lipinski definition) is 1. The summed E-state index contributed by atoms with van der Waals surface area (Å²) in [5.41, 5.74) is 2.89. The first-order valence-electron chi connectivity index (χ1n) is 11.2. The van der Waals surface area contributed by atoms with Gasteiger partial charge in [0.15, 0.2) is 0 Å². The summed E-state index contributed by atoms with van der Waals surface area (Å²) in [5, 5.41) is 3.23. The van der Waals surface area contributed by atoms with Crippen LogP contribution in [0, 0.1) is 19.8 Å². The molecule has 2 amide bonds. The average molecular weight is 422 g/mol. The summed E-state index contributed by atoms with van der Waals surface area (Å²) in [5.74, 6) is 0.715. The van der Waals surface area contributed by atoms with Gasteiger partial charge >= 0.3 is 0 Å². The minimum absolute atomic E-state index is 0.0282. The van der Waals surface area contributed by atoms with Crippen molar-refractivity contribution in [2.45, 2.75) is 45.6 Å². The van der Waals surface area contributed by atoms with E-state index in [1.807, 2.05) is 36.9 Å². The summed E-state index contributed by atoms with van der Waals surface area (Å²) < 4.78 is 0. The summed E-state index contributed by atoms with van der Waals surface area (Å²) in [6.07, 6.45) is 6.95. The van der Waals surface area contributed by atoms with Crippen LogP contribution in [0.3, 0.4) is 0 Å². The van der Waals surface area contributed by atoms with Gasteiger partial charge in [-0.25, -0.2) is 9.97 Å². The molecule has 7 nitrogen and oxygen atoms in total. The molecule has 1 N–H and O–H groups in total. The van der Waals surface area contributed by atoms with Crippen molar-refractivity contribution in [3.8, 4) is 0 Å². The van der Waals surface area contributed by atoms with Crippen molar-refractivity contribution in [2.24, 2.45) is 5.92 Å². The maximum Gasteiger partial charge on any atom is 0.253 e. The number of carbonyl (C=O) groups is 2. The second-order valence-electron chi connectivity index (χ2n) is 8.79. The van der Waals surface area contributed by atoms with Crippen LogP contribution in [0.25, 0.3) is 0 Å². The first-order valence-corrected chi connectivity index (χ1v) is 11.2. The second-order valence-corrected chi connectivity index (χ2v) is 8.79. The lowest BCUT2D eigenvalue weighted by atomic mass is 9.95. The molecule has 3 heterocycles. The Labute approximate surface area is 183 Å². The Bertz CT molecular complexity index is 905. The molecule has 7 heteroatoms. The van der Waals surface area contributed by atoms with Gasteiger partial charge in [0.25, 0.3) is 5.91 Å². The van der Waals surface area contributed by atoms with E-state index in [0.717, 1.165) is 55.8 Å². The normalized spacial score (nSPS) is 19.9. The van der Waals surface area contributed by atoms with Crippen LogP contribution in [-0.4, -0.2) is 58.9 Å². The summed E-state index contributed by atoms with van der Waals surface area (Å²) in [6.45, 7) is 6.88. The number of nitrogens with one attached hydrogen (secondary N) is 1. The molecule has 1 aromatic heterocycles. The number of carbonyl (C=O) groups excluding carboxylic acids is 2. The van der Waals surface area contributed by atoms with Crippen LogP contribution in [0.1, 0.15) is 47.2 Å². The first-order chi connectivity index (χ1) is 15.0. The molecule has 1 atom stereocenters. The van der Waals surface area contributed by atoms with Crippen LogP contribution in [0.4, 0.5) is 5.95 Å². The zero-order chi connectivity index (χ0) is 21.8. The first kappa shape index (κ1) is 21.3. The van der Waals surface area contributed by atoms with Crippen molar-refractivity contribution in [2.75, 3.05) is 31.1 Å². The minimum Gasteiger partial charge on any atom is -0.353 e. The molecule has 2 saturated heterocycles. The third kappa shape index (κ3) is 5.21. The topological polar surface area (TPSA) is 78.4 Å². The minimum atomic E-state index is -0.140. The van der Waals surface area contributed by atoms with Gasteiger partial charge in [-0.15, -0.1) is 0 Å². The highest BCUT2D eigenvalue weighted by Gasteiger charge is 2.31. The number of benzene rings is 1. The van der Waals surface area contributed by atoms with E-state index in [0.29, 0.717) is 18.7 Å². The predicted octanol–water partition coefficient (Wildman–Crippen LogP) is 2.73. The van der Waals surface area contributed by atoms with Crippen molar-refractivity contribution in [3.05, 3.63) is 53.3 Å². The molecule has 0 radical (unpaired) electrons. The zero-order valence-electron chi connectivity index (χ0n) is 18.4. The number of likely N-dealkylation sites (tertiary alicyclic amines) is 1. The molecule has 0 saturated carbocycles. The quantitative estimate of drug-likeness (QED) is 0.821. The largest absolute Gasteiger partial charge is 0.353 e. The number of piperidine rings is 2. The molecule has 31 heavy (non-hydrogen) atoms. The Morgan fingerprint density at radius 3 is 2.32 bits per heavy atom. The van der Waals surface area contributed by atoms with Crippen LogP contribution >= 0.6 is 0 Å². The molecule has 2 aliphatic heterocycles. The van der Waals surface area contributed by atoms with Gasteiger partial charge in [-0.2, -0.15) is 0 Å². The molecule has 2 aromatic rings. The fourth-order valence-corrected chi connectivity index (χ4v) is 4.65. The van der Waals surface area contributed by atoms with Crippen LogP contribution in [0.2, 0.25) is 0 Å². The summed E-state index contributed by atoms with van der Waals surface area (Å²) in [7, 11) is 0. The van der Waals surface area contributed by atoms with Crippen LogP contribution < -0.4 is 10.2 Å². The Balaban J connectivity index is 1.30. The molecule has 0 spiro atoms. The van der Waals surface area contributed by atoms with Gasteiger partial charge in [0.05, 0.1) is 5.92 Å². The van der Waals surface area contributed by atoms with Gasteiger partial charge in [0.1, 0.15) is 0 Å². The summed E-state index contributed by atoms with van der Waals surface area (Å²) >= 11 is 0. The van der Waals surface area contributed by atoms with E-state index in [9.17, 15) is 9.59 Å². The van der Waals surface area contributed by atoms with Crippen LogP contribution in [-0.2, 0) is 4.79 Å². The number of hydrogen-bond acceptors (Lipinski definition) is 5. The van der Waals surface area contributed by atoms with Crippen LogP contribution in [0.5, 0.6) is 0 Å². The highest BCUT2D eigenvalue weighted by atomic mass is 16.2. The maximum absolute atomic E-state index is 13.0. The van der Waals surface area contributed by atoms with Gasteiger partial charge in [-0.1, -0.05) is 17.2 Å². The highest BCUT2D eigenvalue weighted by Crippen LogP contribution is 2.21. The van der Waals surface area contributed by atoms with Gasteiger partial charge in [0, 0.05) is 50.2 Å². The highest BCUT2D eigenvalue weighted by molar-refractivity contribution is 5.95. The lowest BCUT2D eigenvalue weighted by Crippen LogP contribution is -2.50. The molecule has 0 aliphatic carbocycles. The smallest absolute Gasteiger partial charge is 0.253 e. The maximum atomic E-state index is 13.0. The van der Waals surface area contributed by atoms with Gasteiger partial charge in [0.2, 0.25) is 11.9 Å². The molecular formula is C24H31N5O2. The van der Waals surface area contributed by atoms with Gasteiger partial charge in [-0.05, 0) is 57.7 Å². The third-order valence-electron chi connectivity index (χ3n) is 6.22. The number of anilines is 1. The molecule has 0 unspecified atom stereocenters. The number of nitrogens with zero attached hydrogens (tertiary/aromatic N) is 4. The summed E-state index contributed by atoms with van der Waals surface area (Å²) in [4.78, 5) is 38.6. The van der Waals surface area contributed by atoms with E-state index in [1.54, 1.807) is 12.4 Å². The zero-order valence-corrected chi connectivity index (χ0v) is 18.4. The Morgan fingerprint density at radius 2 is 1.65 bits per heavy atom. The van der Waals surface area contributed by atoms with E-state index in [4.69, 9.17) is 0 Å². The monoisotopic (exact) mass is 421 g/mol. The molecule has 1 aromatic carbocycles. The number of aryl methyl sites for hydroxylation is 2. The number of aromatic nitrogens is 2. The lowest BCUT2D eigenvalue weighted by molar-refractivity contribution is -0.127. The van der Waals surface area contributed by atoms with Crippen molar-refractivity contribution in [1.29, 1.82) is 0 Å². The van der Waals surface area contributed by atoms with E-state index in [2.05, 4.69) is 26.3 Å². The molecule has 2 fully saturated rings. The molecule has 4 rings (SSSR count). The van der Waals surface area contributed by atoms with Crippen molar-refractivity contribution >= 4 is 17.8 Å². The Kier molecular flexibility index (Phi) is 6.49. The van der Waals surface area contributed by atoms with E-state index in [-0.39, 0.29) is 23.8 Å².